The van der Waals surface area contributed by atoms with Crippen molar-refractivity contribution < 1.29 is 19.1 Å². The average molecular weight is 364 g/mol. The van der Waals surface area contributed by atoms with Crippen molar-refractivity contribution >= 4 is 28.3 Å². The third-order valence-corrected chi connectivity index (χ3v) is 4.05. The second-order valence-corrected chi connectivity index (χ2v) is 6.36. The summed E-state index contributed by atoms with van der Waals surface area (Å²) in [6.45, 7) is 3.69. The highest BCUT2D eigenvalue weighted by molar-refractivity contribution is 7.13. The summed E-state index contributed by atoms with van der Waals surface area (Å²) in [4.78, 5) is 25.0. The van der Waals surface area contributed by atoms with Crippen LogP contribution in [0.15, 0.2) is 23.7 Å². The lowest BCUT2D eigenvalue weighted by Crippen LogP contribution is -2.47. The van der Waals surface area contributed by atoms with Crippen LogP contribution in [0.4, 0.5) is 5.13 Å². The van der Waals surface area contributed by atoms with Crippen LogP contribution in [0.3, 0.4) is 0 Å². The molecule has 1 heterocycles. The molecule has 2 N–H and O–H groups in total. The number of methoxy groups -OCH3 is 2. The van der Waals surface area contributed by atoms with Crippen LogP contribution in [-0.2, 0) is 4.79 Å². The Hall–Kier alpha value is -2.68. The van der Waals surface area contributed by atoms with Crippen LogP contribution in [0.5, 0.6) is 11.5 Å². The molecule has 0 bridgehead atoms. The molecule has 25 heavy (non-hydrogen) atoms. The van der Waals surface area contributed by atoms with Crippen molar-refractivity contribution in [3.05, 3.63) is 29.3 Å². The monoisotopic (exact) mass is 364 g/mol. The van der Waals surface area contributed by atoms with E-state index in [9.17, 15) is 9.59 Å². The normalized spacial score (nSPS) is 11.7. The molecule has 0 saturated heterocycles. The lowest BCUT2D eigenvalue weighted by Gasteiger charge is -2.21. The molecule has 8 nitrogen and oxygen atoms in total. The molecule has 2 rings (SSSR count). The summed E-state index contributed by atoms with van der Waals surface area (Å²) in [5.74, 6) is 0.107. The van der Waals surface area contributed by atoms with Crippen molar-refractivity contribution in [1.29, 1.82) is 0 Å². The molecule has 1 aromatic carbocycles. The Morgan fingerprint density at radius 3 is 2.24 bits per heavy atom. The fourth-order valence-corrected chi connectivity index (χ4v) is 2.56. The SMILES string of the molecule is COc1cc(OC)cc(C(=O)N[C@H](C(=O)Nc2nncs2)C(C)C)c1. The van der Waals surface area contributed by atoms with E-state index in [2.05, 4.69) is 20.8 Å². The van der Waals surface area contributed by atoms with Crippen molar-refractivity contribution in [3.63, 3.8) is 0 Å². The zero-order valence-electron chi connectivity index (χ0n) is 14.4. The van der Waals surface area contributed by atoms with Gasteiger partial charge in [0.2, 0.25) is 11.0 Å². The fourth-order valence-electron chi connectivity index (χ4n) is 2.11. The molecule has 0 aliphatic rings. The van der Waals surface area contributed by atoms with Crippen LogP contribution >= 0.6 is 11.3 Å². The van der Waals surface area contributed by atoms with Gasteiger partial charge in [0.25, 0.3) is 5.91 Å². The molecule has 0 unspecified atom stereocenters. The number of hydrogen-bond acceptors (Lipinski definition) is 7. The first-order valence-corrected chi connectivity index (χ1v) is 8.43. The van der Waals surface area contributed by atoms with E-state index in [1.54, 1.807) is 18.2 Å². The van der Waals surface area contributed by atoms with Gasteiger partial charge in [0.15, 0.2) is 0 Å². The van der Waals surface area contributed by atoms with Crippen LogP contribution in [0.2, 0.25) is 0 Å². The Morgan fingerprint density at radius 1 is 1.12 bits per heavy atom. The zero-order valence-corrected chi connectivity index (χ0v) is 15.2. The molecule has 1 atom stereocenters. The van der Waals surface area contributed by atoms with E-state index in [-0.39, 0.29) is 11.8 Å². The van der Waals surface area contributed by atoms with Crippen molar-refractivity contribution in [2.75, 3.05) is 19.5 Å². The predicted octanol–water partition coefficient (Wildman–Crippen LogP) is 1.95. The average Bonchev–Trinajstić information content (AvgIpc) is 3.11. The Kier molecular flexibility index (Phi) is 6.29. The maximum atomic E-state index is 12.6. The van der Waals surface area contributed by atoms with Crippen LogP contribution in [0.1, 0.15) is 24.2 Å². The van der Waals surface area contributed by atoms with Gasteiger partial charge in [0.1, 0.15) is 23.1 Å². The van der Waals surface area contributed by atoms with Gasteiger partial charge in [-0.2, -0.15) is 0 Å². The number of amides is 2. The lowest BCUT2D eigenvalue weighted by atomic mass is 10.0. The molecule has 0 fully saturated rings. The van der Waals surface area contributed by atoms with Gasteiger partial charge in [-0.1, -0.05) is 25.2 Å². The van der Waals surface area contributed by atoms with Crippen LogP contribution in [0, 0.1) is 5.92 Å². The van der Waals surface area contributed by atoms with Gasteiger partial charge in [-0.25, -0.2) is 0 Å². The first kappa shape index (κ1) is 18.7. The molecule has 1 aromatic heterocycles. The highest BCUT2D eigenvalue weighted by atomic mass is 32.1. The third-order valence-electron chi connectivity index (χ3n) is 3.44. The van der Waals surface area contributed by atoms with Gasteiger partial charge in [-0.3, -0.25) is 14.9 Å². The largest absolute Gasteiger partial charge is 0.497 e. The van der Waals surface area contributed by atoms with E-state index >= 15 is 0 Å². The van der Waals surface area contributed by atoms with Crippen LogP contribution < -0.4 is 20.1 Å². The number of hydrogen-bond donors (Lipinski definition) is 2. The summed E-state index contributed by atoms with van der Waals surface area (Å²) >= 11 is 1.21. The first-order chi connectivity index (χ1) is 11.9. The molecule has 2 aromatic rings. The van der Waals surface area contributed by atoms with Crippen molar-refractivity contribution in [2.45, 2.75) is 19.9 Å². The highest BCUT2D eigenvalue weighted by Gasteiger charge is 2.26. The van der Waals surface area contributed by atoms with Gasteiger partial charge in [0, 0.05) is 11.6 Å². The minimum atomic E-state index is -0.728. The Bertz CT molecular complexity index is 711. The molecule has 2 amide bonds. The first-order valence-electron chi connectivity index (χ1n) is 7.55. The molecular formula is C16H20N4O4S. The van der Waals surface area contributed by atoms with E-state index in [1.165, 1.54) is 31.1 Å². The number of carbonyl (C=O) groups excluding carboxylic acids is 2. The van der Waals surface area contributed by atoms with Gasteiger partial charge >= 0.3 is 0 Å². The summed E-state index contributed by atoms with van der Waals surface area (Å²) in [6, 6.07) is 4.10. The fraction of sp³-hybridized carbons (Fsp3) is 0.375. The second-order valence-electron chi connectivity index (χ2n) is 5.53. The summed E-state index contributed by atoms with van der Waals surface area (Å²) in [5, 5.41) is 13.2. The van der Waals surface area contributed by atoms with E-state index in [1.807, 2.05) is 13.8 Å². The summed E-state index contributed by atoms with van der Waals surface area (Å²) in [6.07, 6.45) is 0. The molecule has 134 valence electrons. The minimum absolute atomic E-state index is 0.121. The Balaban J connectivity index is 2.16. The van der Waals surface area contributed by atoms with Gasteiger partial charge < -0.3 is 14.8 Å². The minimum Gasteiger partial charge on any atom is -0.497 e. The summed E-state index contributed by atoms with van der Waals surface area (Å²) in [7, 11) is 3.01. The predicted molar refractivity (Wildman–Crippen MR) is 94.2 cm³/mol. The highest BCUT2D eigenvalue weighted by Crippen LogP contribution is 2.22. The second kappa shape index (κ2) is 8.43. The number of ether oxygens (including phenoxy) is 2. The zero-order chi connectivity index (χ0) is 18.4. The number of benzene rings is 1. The third kappa shape index (κ3) is 4.90. The standard InChI is InChI=1S/C16H20N4O4S/c1-9(2)13(15(22)19-16-20-17-8-25-16)18-14(21)10-5-11(23-3)7-12(6-10)24-4/h5-9,13H,1-4H3,(H,18,21)(H,19,20,22)/t13-/m0/s1. The Morgan fingerprint density at radius 2 is 1.76 bits per heavy atom. The number of anilines is 1. The van der Waals surface area contributed by atoms with Crippen molar-refractivity contribution in [1.82, 2.24) is 15.5 Å². The topological polar surface area (TPSA) is 102 Å². The molecule has 0 spiro atoms. The number of carbonyl (C=O) groups is 2. The summed E-state index contributed by atoms with van der Waals surface area (Å²) in [5.41, 5.74) is 1.85. The molecule has 0 radical (unpaired) electrons. The van der Waals surface area contributed by atoms with Crippen molar-refractivity contribution in [3.8, 4) is 11.5 Å². The molecule has 0 saturated carbocycles. The molecular weight excluding hydrogens is 344 g/mol. The number of nitrogens with one attached hydrogen (secondary N) is 2. The number of aromatic nitrogens is 2. The number of nitrogens with zero attached hydrogens (tertiary/aromatic N) is 2. The van der Waals surface area contributed by atoms with Crippen LogP contribution in [0.25, 0.3) is 0 Å². The van der Waals surface area contributed by atoms with E-state index in [4.69, 9.17) is 9.47 Å². The van der Waals surface area contributed by atoms with E-state index < -0.39 is 11.9 Å². The molecule has 9 heteroatoms. The number of rotatable bonds is 7. The lowest BCUT2D eigenvalue weighted by molar-refractivity contribution is -0.118. The van der Waals surface area contributed by atoms with Gasteiger partial charge in [-0.15, -0.1) is 10.2 Å². The van der Waals surface area contributed by atoms with Gasteiger partial charge in [0.05, 0.1) is 14.2 Å². The molecule has 0 aliphatic heterocycles. The Labute approximate surface area is 149 Å². The smallest absolute Gasteiger partial charge is 0.252 e. The van der Waals surface area contributed by atoms with E-state index in [0.717, 1.165) is 0 Å². The quantitative estimate of drug-likeness (QED) is 0.778. The maximum absolute atomic E-state index is 12.6. The van der Waals surface area contributed by atoms with Gasteiger partial charge in [-0.05, 0) is 18.1 Å². The van der Waals surface area contributed by atoms with Crippen molar-refractivity contribution in [2.24, 2.45) is 5.92 Å². The maximum Gasteiger partial charge on any atom is 0.252 e. The molecule has 0 aliphatic carbocycles. The summed E-state index contributed by atoms with van der Waals surface area (Å²) < 4.78 is 10.3. The van der Waals surface area contributed by atoms with Crippen LogP contribution in [-0.4, -0.2) is 42.3 Å². The van der Waals surface area contributed by atoms with E-state index in [0.29, 0.717) is 22.2 Å².